The van der Waals surface area contributed by atoms with Crippen molar-refractivity contribution in [2.24, 2.45) is 0 Å². The van der Waals surface area contributed by atoms with Gasteiger partial charge in [-0.15, -0.1) is 0 Å². The second-order valence-electron chi connectivity index (χ2n) is 11.7. The molecule has 0 bridgehead atoms. The summed E-state index contributed by atoms with van der Waals surface area (Å²) in [6.45, 7) is 7.66. The van der Waals surface area contributed by atoms with E-state index in [0.29, 0.717) is 72.6 Å². The molecule has 5 aromatic rings. The Balaban J connectivity index is 1.36. The van der Waals surface area contributed by atoms with Crippen LogP contribution in [0.1, 0.15) is 18.4 Å². The number of aromatic nitrogens is 3. The summed E-state index contributed by atoms with van der Waals surface area (Å²) in [6.07, 6.45) is 7.87. The quantitative estimate of drug-likeness (QED) is 0.156. The molecule has 7 rings (SSSR count). The normalized spacial score (nSPS) is 15.9. The third-order valence-electron chi connectivity index (χ3n) is 9.04. The van der Waals surface area contributed by atoms with Crippen LogP contribution in [0.2, 0.25) is 10.0 Å². The summed E-state index contributed by atoms with van der Waals surface area (Å²) in [4.78, 5) is 14.3. The van der Waals surface area contributed by atoms with Crippen LogP contribution in [-0.4, -0.2) is 81.6 Å². The molecule has 4 heterocycles. The van der Waals surface area contributed by atoms with Crippen molar-refractivity contribution in [2.45, 2.75) is 18.9 Å². The Labute approximate surface area is 290 Å². The Kier molecular flexibility index (Phi) is 8.86. The van der Waals surface area contributed by atoms with Gasteiger partial charge in [0.1, 0.15) is 22.9 Å². The first-order chi connectivity index (χ1) is 23.2. The molecule has 3 aromatic heterocycles. The maximum atomic E-state index is 11.8. The lowest BCUT2D eigenvalue weighted by molar-refractivity contribution is 0.248. The van der Waals surface area contributed by atoms with E-state index in [1.807, 2.05) is 34.9 Å². The predicted molar refractivity (Wildman–Crippen MR) is 191 cm³/mol. The van der Waals surface area contributed by atoms with E-state index in [2.05, 4.69) is 26.1 Å². The summed E-state index contributed by atoms with van der Waals surface area (Å²) >= 11 is 11.3. The van der Waals surface area contributed by atoms with Gasteiger partial charge in [-0.3, -0.25) is 23.6 Å². The number of ether oxygens (including phenoxy) is 3. The summed E-state index contributed by atoms with van der Waals surface area (Å²) < 4.78 is 43.0. The van der Waals surface area contributed by atoms with Crippen molar-refractivity contribution in [3.8, 4) is 39.6 Å². The zero-order chi connectivity index (χ0) is 33.7. The number of pyridine rings is 2. The highest BCUT2D eigenvalue weighted by Crippen LogP contribution is 2.48. The maximum Gasteiger partial charge on any atom is 0.259 e. The fraction of sp³-hybridized carbons (Fsp3) is 0.294. The molecule has 2 N–H and O–H groups in total. The average molecular weight is 710 g/mol. The smallest absolute Gasteiger partial charge is 0.259 e. The zero-order valence-corrected chi connectivity index (χ0v) is 29.0. The van der Waals surface area contributed by atoms with Crippen LogP contribution in [0.15, 0.2) is 55.5 Å². The summed E-state index contributed by atoms with van der Waals surface area (Å²) in [5, 5.41) is 1.47. The largest absolute Gasteiger partial charge is 0.496 e. The summed E-state index contributed by atoms with van der Waals surface area (Å²) in [5.74, 6) is 1.45. The first kappa shape index (κ1) is 32.5. The molecule has 0 spiro atoms. The number of rotatable bonds is 10. The van der Waals surface area contributed by atoms with Gasteiger partial charge in [0, 0.05) is 96.3 Å². The van der Waals surface area contributed by atoms with Crippen molar-refractivity contribution in [3.05, 3.63) is 71.1 Å². The molecule has 14 heteroatoms. The van der Waals surface area contributed by atoms with Crippen LogP contribution in [-0.2, 0) is 11.3 Å². The second-order valence-corrected chi connectivity index (χ2v) is 13.2. The molecule has 11 nitrogen and oxygen atoms in total. The number of nitrogens with one attached hydrogen (secondary N) is 1. The number of fused-ring (bicyclic) bond motifs is 3. The second kappa shape index (κ2) is 13.1. The molecule has 1 aliphatic heterocycles. The minimum atomic E-state index is -2.30. The van der Waals surface area contributed by atoms with Crippen LogP contribution < -0.4 is 23.8 Å². The Hall–Kier alpha value is -4.07. The highest BCUT2D eigenvalue weighted by atomic mass is 35.5. The fourth-order valence-electron chi connectivity index (χ4n) is 6.52. The van der Waals surface area contributed by atoms with E-state index < -0.39 is 11.3 Å². The lowest BCUT2D eigenvalue weighted by Crippen LogP contribution is -2.47. The van der Waals surface area contributed by atoms with E-state index in [9.17, 15) is 8.76 Å². The molecule has 1 atom stereocenters. The van der Waals surface area contributed by atoms with Gasteiger partial charge < -0.3 is 19.1 Å². The zero-order valence-electron chi connectivity index (χ0n) is 26.6. The lowest BCUT2D eigenvalue weighted by Gasteiger charge is -2.37. The first-order valence-electron chi connectivity index (χ1n) is 15.4. The van der Waals surface area contributed by atoms with E-state index in [-0.39, 0.29) is 0 Å². The molecule has 1 aliphatic carbocycles. The SMILES string of the molecule is C=C(NS(=O)O)c1cc(-c2cc3c(cn2)cc(-c2c(Cl)c(OC)cc(OC)c2Cl)c2nccn23)c(OC)cc1N1CCN(C2CC2)CC1. The maximum absolute atomic E-state index is 11.8. The van der Waals surface area contributed by atoms with Crippen molar-refractivity contribution >= 4 is 62.4 Å². The number of halogens is 2. The van der Waals surface area contributed by atoms with Crippen LogP contribution in [0.5, 0.6) is 17.2 Å². The minimum absolute atomic E-state index is 0.323. The Morgan fingerprint density at radius 3 is 2.25 bits per heavy atom. The van der Waals surface area contributed by atoms with Crippen LogP contribution >= 0.6 is 23.2 Å². The van der Waals surface area contributed by atoms with Gasteiger partial charge in [-0.25, -0.2) is 9.19 Å². The Morgan fingerprint density at radius 2 is 1.62 bits per heavy atom. The molecule has 0 radical (unpaired) electrons. The molecule has 1 unspecified atom stereocenters. The van der Waals surface area contributed by atoms with Crippen LogP contribution in [0.3, 0.4) is 0 Å². The van der Waals surface area contributed by atoms with Crippen LogP contribution in [0.25, 0.3) is 44.6 Å². The van der Waals surface area contributed by atoms with Gasteiger partial charge in [0.25, 0.3) is 11.3 Å². The Morgan fingerprint density at radius 1 is 0.938 bits per heavy atom. The molecule has 250 valence electrons. The predicted octanol–water partition coefficient (Wildman–Crippen LogP) is 6.53. The highest BCUT2D eigenvalue weighted by molar-refractivity contribution is 7.77. The van der Waals surface area contributed by atoms with Crippen molar-refractivity contribution in [2.75, 3.05) is 52.4 Å². The molecule has 0 amide bonds. The van der Waals surface area contributed by atoms with Gasteiger partial charge in [-0.05, 0) is 31.0 Å². The molecule has 2 aliphatic rings. The molecule has 1 saturated heterocycles. The number of methoxy groups -OCH3 is 3. The number of benzene rings is 2. The van der Waals surface area contributed by atoms with Crippen LogP contribution in [0, 0.1) is 0 Å². The number of hydrogen-bond donors (Lipinski definition) is 2. The van der Waals surface area contributed by atoms with E-state index in [1.165, 1.54) is 27.1 Å². The van der Waals surface area contributed by atoms with Crippen LogP contribution in [0.4, 0.5) is 5.69 Å². The van der Waals surface area contributed by atoms with Gasteiger partial charge >= 0.3 is 0 Å². The first-order valence-corrected chi connectivity index (χ1v) is 17.2. The van der Waals surface area contributed by atoms with Gasteiger partial charge in [-0.2, -0.15) is 0 Å². The van der Waals surface area contributed by atoms with E-state index in [0.717, 1.165) is 42.8 Å². The third-order valence-corrected chi connectivity index (χ3v) is 10.2. The van der Waals surface area contributed by atoms with Gasteiger partial charge in [0.15, 0.2) is 0 Å². The van der Waals surface area contributed by atoms with Crippen molar-refractivity contribution in [1.82, 2.24) is 24.0 Å². The number of hydrogen-bond acceptors (Lipinski definition) is 8. The molecule has 1 saturated carbocycles. The molecular weight excluding hydrogens is 675 g/mol. The van der Waals surface area contributed by atoms with E-state index >= 15 is 0 Å². The van der Waals surface area contributed by atoms with Crippen molar-refractivity contribution in [1.29, 1.82) is 0 Å². The van der Waals surface area contributed by atoms with Gasteiger partial charge in [-0.1, -0.05) is 29.8 Å². The van der Waals surface area contributed by atoms with Gasteiger partial charge in [0.05, 0.1) is 48.3 Å². The molecule has 48 heavy (non-hydrogen) atoms. The standard InChI is InChI=1S/C34H34Cl2N6O5S/c1-19(39-48(43)44)22-14-23(28(45-2)16-27(22)41-11-9-40(10-12-41)21-5-6-21)25-15-26-20(18-38-25)13-24(34-37-7-8-42(26)34)31-32(35)29(46-3)17-30(47-4)33(31)36/h7-8,13-18,21,39H,1,5-6,9-12H2,2-4H3,(H,43,44). The van der Waals surface area contributed by atoms with E-state index in [1.54, 1.807) is 25.6 Å². The average Bonchev–Trinajstić information content (AvgIpc) is 3.82. The third kappa shape index (κ3) is 5.81. The lowest BCUT2D eigenvalue weighted by atomic mass is 10.00. The minimum Gasteiger partial charge on any atom is -0.496 e. The number of anilines is 1. The number of nitrogens with zero attached hydrogens (tertiary/aromatic N) is 5. The summed E-state index contributed by atoms with van der Waals surface area (Å²) in [7, 11) is 4.69. The number of piperazine rings is 1. The Bertz CT molecular complexity index is 2070. The van der Waals surface area contributed by atoms with Gasteiger partial charge in [0.2, 0.25) is 0 Å². The molecule has 2 aromatic carbocycles. The summed E-state index contributed by atoms with van der Waals surface area (Å²) in [6, 6.07) is 10.1. The fourth-order valence-corrected chi connectivity index (χ4v) is 7.54. The monoisotopic (exact) mass is 708 g/mol. The summed E-state index contributed by atoms with van der Waals surface area (Å²) in [5.41, 5.74) is 5.87. The topological polar surface area (TPSA) is 114 Å². The van der Waals surface area contributed by atoms with Crippen molar-refractivity contribution in [3.63, 3.8) is 0 Å². The molecular formula is C34H34Cl2N6O5S. The number of imidazole rings is 1. The van der Waals surface area contributed by atoms with Crippen molar-refractivity contribution < 1.29 is 23.0 Å². The highest BCUT2D eigenvalue weighted by Gasteiger charge is 2.32. The van der Waals surface area contributed by atoms with E-state index in [4.69, 9.17) is 42.4 Å². The molecule has 2 fully saturated rings.